The van der Waals surface area contributed by atoms with Gasteiger partial charge in [-0.1, -0.05) is 30.3 Å². The fraction of sp³-hybridized carbons (Fsp3) is 0.160. The fourth-order valence-electron chi connectivity index (χ4n) is 3.79. The lowest BCUT2D eigenvalue weighted by atomic mass is 10.2. The van der Waals surface area contributed by atoms with Gasteiger partial charge in [0.2, 0.25) is 4.96 Å². The van der Waals surface area contributed by atoms with Crippen LogP contribution in [0.2, 0.25) is 0 Å². The number of benzene rings is 2. The Morgan fingerprint density at radius 2 is 1.91 bits per heavy atom. The number of hydrogen-bond acceptors (Lipinski definition) is 9. The maximum Gasteiger partial charge on any atom is 0.294 e. The molecule has 1 unspecified atom stereocenters. The molecule has 0 saturated carbocycles. The Morgan fingerprint density at radius 3 is 2.71 bits per heavy atom. The lowest BCUT2D eigenvalue weighted by molar-refractivity contribution is 0.225. The molecular weight excluding hydrogens is 484 g/mol. The predicted octanol–water partition coefficient (Wildman–Crippen LogP) is 6.48. The lowest BCUT2D eigenvalue weighted by Gasteiger charge is -2.14. The normalized spacial score (nSPS) is 12.3. The number of aromatic nitrogens is 4. The van der Waals surface area contributed by atoms with Crippen LogP contribution in [0.4, 0.5) is 0 Å². The number of rotatable bonds is 7. The van der Waals surface area contributed by atoms with Crippen molar-refractivity contribution in [1.82, 2.24) is 19.6 Å². The van der Waals surface area contributed by atoms with Crippen LogP contribution in [0.15, 0.2) is 64.5 Å². The van der Waals surface area contributed by atoms with Crippen molar-refractivity contribution in [2.75, 3.05) is 14.2 Å². The van der Waals surface area contributed by atoms with Gasteiger partial charge in [-0.3, -0.25) is 0 Å². The van der Waals surface area contributed by atoms with Crippen molar-refractivity contribution < 1.29 is 18.6 Å². The molecule has 0 amide bonds. The highest BCUT2D eigenvalue weighted by atomic mass is 32.1. The molecule has 176 valence electrons. The van der Waals surface area contributed by atoms with Gasteiger partial charge in [0.15, 0.2) is 5.76 Å². The summed E-state index contributed by atoms with van der Waals surface area (Å²) in [6.45, 7) is 1.98. The first kappa shape index (κ1) is 21.6. The maximum absolute atomic E-state index is 6.39. The SMILES string of the molecule is COc1cc(OC(C)c2csc(-c3ccccc3)n2)c2cc(-c3cnc4sc(OC)nn34)oc2c1. The molecule has 0 radical (unpaired) electrons. The number of hydrogen-bond donors (Lipinski definition) is 0. The predicted molar refractivity (Wildman–Crippen MR) is 136 cm³/mol. The molecule has 1 atom stereocenters. The molecule has 6 rings (SSSR count). The Labute approximate surface area is 208 Å². The van der Waals surface area contributed by atoms with Gasteiger partial charge in [0.1, 0.15) is 33.9 Å². The fourth-order valence-corrected chi connectivity index (χ4v) is 5.39. The van der Waals surface area contributed by atoms with Crippen LogP contribution >= 0.6 is 22.7 Å². The molecule has 0 spiro atoms. The van der Waals surface area contributed by atoms with Gasteiger partial charge >= 0.3 is 0 Å². The van der Waals surface area contributed by atoms with E-state index in [1.54, 1.807) is 36.3 Å². The summed E-state index contributed by atoms with van der Waals surface area (Å²) >= 11 is 2.96. The van der Waals surface area contributed by atoms with E-state index in [1.165, 1.54) is 11.3 Å². The monoisotopic (exact) mass is 504 g/mol. The molecule has 4 heterocycles. The highest BCUT2D eigenvalue weighted by Crippen LogP contribution is 2.39. The molecule has 0 aliphatic carbocycles. The van der Waals surface area contributed by atoms with E-state index < -0.39 is 0 Å². The second-order valence-electron chi connectivity index (χ2n) is 7.76. The number of thiazole rings is 1. The first-order valence-corrected chi connectivity index (χ1v) is 12.5. The second kappa shape index (κ2) is 8.71. The van der Waals surface area contributed by atoms with Gasteiger partial charge in [0.25, 0.3) is 5.19 Å². The van der Waals surface area contributed by atoms with Crippen molar-refractivity contribution in [2.24, 2.45) is 0 Å². The summed E-state index contributed by atoms with van der Waals surface area (Å²) in [5.74, 6) is 1.90. The van der Waals surface area contributed by atoms with Gasteiger partial charge in [-0.05, 0) is 24.3 Å². The van der Waals surface area contributed by atoms with E-state index in [0.717, 1.165) is 32.3 Å². The van der Waals surface area contributed by atoms with E-state index in [9.17, 15) is 0 Å². The third kappa shape index (κ3) is 3.90. The van der Waals surface area contributed by atoms with Crippen molar-refractivity contribution in [2.45, 2.75) is 13.0 Å². The molecule has 0 bridgehead atoms. The van der Waals surface area contributed by atoms with Crippen LogP contribution in [0.3, 0.4) is 0 Å². The summed E-state index contributed by atoms with van der Waals surface area (Å²) in [4.78, 5) is 9.94. The number of fused-ring (bicyclic) bond motifs is 2. The Bertz CT molecular complexity index is 1630. The molecule has 0 N–H and O–H groups in total. The van der Waals surface area contributed by atoms with Crippen molar-refractivity contribution in [1.29, 1.82) is 0 Å². The van der Waals surface area contributed by atoms with Crippen molar-refractivity contribution in [3.63, 3.8) is 0 Å². The van der Waals surface area contributed by atoms with E-state index >= 15 is 0 Å². The molecule has 0 saturated heterocycles. The molecular formula is C25H20N4O4S2. The second-order valence-corrected chi connectivity index (χ2v) is 9.54. The smallest absolute Gasteiger partial charge is 0.294 e. The standard InChI is InChI=1S/C25H20N4O4S2/c1-14(18-13-34-23(27-18)15-7-5-4-6-8-15)32-20-9-16(30-2)10-21-17(20)11-22(33-21)19-12-26-24-29(19)28-25(31-3)35-24/h4-14H,1-3H3. The van der Waals surface area contributed by atoms with Crippen LogP contribution < -0.4 is 14.2 Å². The van der Waals surface area contributed by atoms with E-state index in [2.05, 4.69) is 22.2 Å². The van der Waals surface area contributed by atoms with Crippen LogP contribution in [-0.4, -0.2) is 33.8 Å². The van der Waals surface area contributed by atoms with E-state index in [4.69, 9.17) is 23.6 Å². The number of nitrogens with zero attached hydrogens (tertiary/aromatic N) is 4. The zero-order chi connectivity index (χ0) is 23.9. The average molecular weight is 505 g/mol. The minimum absolute atomic E-state index is 0.276. The Balaban J connectivity index is 1.36. The van der Waals surface area contributed by atoms with Crippen LogP contribution in [0.1, 0.15) is 18.7 Å². The minimum Gasteiger partial charge on any atom is -0.496 e. The third-order valence-corrected chi connectivity index (χ3v) is 7.36. The molecule has 0 fully saturated rings. The molecule has 0 aliphatic heterocycles. The van der Waals surface area contributed by atoms with Gasteiger partial charge in [-0.15, -0.1) is 16.4 Å². The molecule has 8 nitrogen and oxygen atoms in total. The zero-order valence-corrected chi connectivity index (χ0v) is 20.7. The first-order valence-electron chi connectivity index (χ1n) is 10.8. The number of furan rings is 1. The molecule has 4 aromatic heterocycles. The number of ether oxygens (including phenoxy) is 3. The summed E-state index contributed by atoms with van der Waals surface area (Å²) in [5.41, 5.74) is 3.31. The van der Waals surface area contributed by atoms with Gasteiger partial charge in [-0.25, -0.2) is 9.97 Å². The van der Waals surface area contributed by atoms with Crippen molar-refractivity contribution in [3.05, 3.63) is 65.8 Å². The highest BCUT2D eigenvalue weighted by Gasteiger charge is 2.20. The summed E-state index contributed by atoms with van der Waals surface area (Å²) in [5, 5.41) is 8.78. The lowest BCUT2D eigenvalue weighted by Crippen LogP contribution is -2.04. The van der Waals surface area contributed by atoms with Crippen LogP contribution in [0, 0.1) is 0 Å². The zero-order valence-electron chi connectivity index (χ0n) is 19.1. The molecule has 10 heteroatoms. The topological polar surface area (TPSA) is 83.9 Å². The third-order valence-electron chi connectivity index (χ3n) is 5.57. The summed E-state index contributed by atoms with van der Waals surface area (Å²) in [6.07, 6.45) is 1.46. The van der Waals surface area contributed by atoms with Gasteiger partial charge in [0.05, 0.1) is 31.5 Å². The Hall–Kier alpha value is -3.89. The van der Waals surface area contributed by atoms with Crippen LogP contribution in [0.25, 0.3) is 38.0 Å². The minimum atomic E-state index is -0.276. The Morgan fingerprint density at radius 1 is 1.06 bits per heavy atom. The number of imidazole rings is 1. The van der Waals surface area contributed by atoms with Gasteiger partial charge in [0, 0.05) is 23.1 Å². The van der Waals surface area contributed by atoms with Gasteiger partial charge < -0.3 is 18.6 Å². The van der Waals surface area contributed by atoms with Crippen molar-refractivity contribution in [3.8, 4) is 38.7 Å². The summed E-state index contributed by atoms with van der Waals surface area (Å²) in [7, 11) is 3.20. The van der Waals surface area contributed by atoms with E-state index in [1.807, 2.05) is 48.7 Å². The van der Waals surface area contributed by atoms with E-state index in [-0.39, 0.29) is 6.10 Å². The molecule has 0 aliphatic rings. The molecule has 35 heavy (non-hydrogen) atoms. The van der Waals surface area contributed by atoms with Gasteiger partial charge in [-0.2, -0.15) is 4.52 Å². The first-order chi connectivity index (χ1) is 17.1. The van der Waals surface area contributed by atoms with E-state index in [0.29, 0.717) is 28.0 Å². The number of methoxy groups -OCH3 is 2. The Kier molecular flexibility index (Phi) is 5.39. The van der Waals surface area contributed by atoms with Crippen LogP contribution in [0.5, 0.6) is 16.7 Å². The average Bonchev–Trinajstić information content (AvgIpc) is 3.67. The van der Waals surface area contributed by atoms with Crippen LogP contribution in [-0.2, 0) is 0 Å². The largest absolute Gasteiger partial charge is 0.496 e. The summed E-state index contributed by atoms with van der Waals surface area (Å²) in [6, 6.07) is 15.8. The summed E-state index contributed by atoms with van der Waals surface area (Å²) < 4.78 is 25.0. The quantitative estimate of drug-likeness (QED) is 0.246. The van der Waals surface area contributed by atoms with Crippen molar-refractivity contribution >= 4 is 38.6 Å². The maximum atomic E-state index is 6.39. The molecule has 2 aromatic carbocycles. The highest BCUT2D eigenvalue weighted by molar-refractivity contribution is 7.18. The molecule has 6 aromatic rings.